The summed E-state index contributed by atoms with van der Waals surface area (Å²) in [6.07, 6.45) is 10.8. The summed E-state index contributed by atoms with van der Waals surface area (Å²) in [7, 11) is 0. The molecule has 0 amide bonds. The van der Waals surface area contributed by atoms with Gasteiger partial charge in [0.05, 0.1) is 17.3 Å². The SMILES string of the molecule is CCCNCc1cn(C2CCOC3(CCCC3)C2)nc1C. The molecule has 1 aliphatic carbocycles. The summed E-state index contributed by atoms with van der Waals surface area (Å²) in [5.74, 6) is 0. The van der Waals surface area contributed by atoms with E-state index in [0.717, 1.165) is 32.5 Å². The van der Waals surface area contributed by atoms with Crippen LogP contribution in [-0.2, 0) is 11.3 Å². The number of nitrogens with one attached hydrogen (secondary N) is 1. The first-order chi connectivity index (χ1) is 10.2. The molecule has 3 rings (SSSR count). The molecule has 1 spiro atoms. The highest BCUT2D eigenvalue weighted by Gasteiger charge is 2.40. The fourth-order valence-corrected chi connectivity index (χ4v) is 3.88. The van der Waals surface area contributed by atoms with Gasteiger partial charge in [-0.3, -0.25) is 4.68 Å². The predicted octanol–water partition coefficient (Wildman–Crippen LogP) is 3.36. The smallest absolute Gasteiger partial charge is 0.0703 e. The van der Waals surface area contributed by atoms with E-state index in [1.54, 1.807) is 0 Å². The fourth-order valence-electron chi connectivity index (χ4n) is 3.88. The molecule has 2 fully saturated rings. The van der Waals surface area contributed by atoms with Gasteiger partial charge in [0, 0.05) is 24.9 Å². The molecule has 1 atom stereocenters. The van der Waals surface area contributed by atoms with Crippen LogP contribution in [0.2, 0.25) is 0 Å². The molecule has 2 aliphatic rings. The minimum absolute atomic E-state index is 0.170. The summed E-state index contributed by atoms with van der Waals surface area (Å²) in [4.78, 5) is 0. The Hall–Kier alpha value is -0.870. The van der Waals surface area contributed by atoms with Gasteiger partial charge < -0.3 is 10.1 Å². The first kappa shape index (κ1) is 15.0. The zero-order chi connectivity index (χ0) is 14.7. The molecule has 0 bridgehead atoms. The van der Waals surface area contributed by atoms with E-state index < -0.39 is 0 Å². The van der Waals surface area contributed by atoms with Crippen molar-refractivity contribution in [2.45, 2.75) is 77.0 Å². The van der Waals surface area contributed by atoms with Gasteiger partial charge in [0.1, 0.15) is 0 Å². The molecule has 2 heterocycles. The van der Waals surface area contributed by atoms with Crippen LogP contribution in [-0.4, -0.2) is 28.5 Å². The molecule has 4 heteroatoms. The maximum absolute atomic E-state index is 6.14. The summed E-state index contributed by atoms with van der Waals surface area (Å²) >= 11 is 0. The molecule has 0 aromatic carbocycles. The van der Waals surface area contributed by atoms with Crippen molar-refractivity contribution in [2.75, 3.05) is 13.2 Å². The topological polar surface area (TPSA) is 39.1 Å². The average molecular weight is 291 g/mol. The van der Waals surface area contributed by atoms with Crippen LogP contribution in [0, 0.1) is 6.92 Å². The Balaban J connectivity index is 1.67. The number of rotatable bonds is 5. The Morgan fingerprint density at radius 3 is 3.00 bits per heavy atom. The van der Waals surface area contributed by atoms with Crippen molar-refractivity contribution in [3.05, 3.63) is 17.5 Å². The molecule has 1 unspecified atom stereocenters. The van der Waals surface area contributed by atoms with Crippen molar-refractivity contribution in [1.29, 1.82) is 0 Å². The van der Waals surface area contributed by atoms with Crippen LogP contribution in [0.3, 0.4) is 0 Å². The molecule has 21 heavy (non-hydrogen) atoms. The van der Waals surface area contributed by atoms with E-state index in [9.17, 15) is 0 Å². The molecule has 1 aromatic heterocycles. The second-order valence-electron chi connectivity index (χ2n) is 6.78. The van der Waals surface area contributed by atoms with E-state index in [0.29, 0.717) is 6.04 Å². The van der Waals surface area contributed by atoms with Gasteiger partial charge in [-0.1, -0.05) is 19.8 Å². The Labute approximate surface area is 128 Å². The van der Waals surface area contributed by atoms with Gasteiger partial charge in [0.15, 0.2) is 0 Å². The standard InChI is InChI=1S/C17H29N3O/c1-3-9-18-12-15-13-20(19-14(15)2)16-6-10-21-17(11-16)7-4-5-8-17/h13,16,18H,3-12H2,1-2H3. The van der Waals surface area contributed by atoms with Crippen LogP contribution in [0.1, 0.15) is 69.2 Å². The van der Waals surface area contributed by atoms with E-state index in [2.05, 4.69) is 30.0 Å². The molecule has 118 valence electrons. The lowest BCUT2D eigenvalue weighted by molar-refractivity contribution is -0.0910. The Kier molecular flexibility index (Phi) is 4.65. The molecule has 4 nitrogen and oxygen atoms in total. The third-order valence-electron chi connectivity index (χ3n) is 5.12. The van der Waals surface area contributed by atoms with E-state index in [-0.39, 0.29) is 5.60 Å². The van der Waals surface area contributed by atoms with Crippen LogP contribution in [0.15, 0.2) is 6.20 Å². The summed E-state index contributed by atoms with van der Waals surface area (Å²) in [5, 5.41) is 8.27. The van der Waals surface area contributed by atoms with Crippen LogP contribution in [0.25, 0.3) is 0 Å². The van der Waals surface area contributed by atoms with Gasteiger partial charge in [0.2, 0.25) is 0 Å². The number of hydrogen-bond acceptors (Lipinski definition) is 3. The summed E-state index contributed by atoms with van der Waals surface area (Å²) in [6.45, 7) is 7.24. The van der Waals surface area contributed by atoms with Crippen LogP contribution in [0.4, 0.5) is 0 Å². The minimum Gasteiger partial charge on any atom is -0.375 e. The molecule has 1 N–H and O–H groups in total. The predicted molar refractivity (Wildman–Crippen MR) is 84.4 cm³/mol. The molecule has 1 aromatic rings. The maximum Gasteiger partial charge on any atom is 0.0703 e. The van der Waals surface area contributed by atoms with E-state index in [4.69, 9.17) is 9.84 Å². The van der Waals surface area contributed by atoms with Gasteiger partial charge in [-0.25, -0.2) is 0 Å². The van der Waals surface area contributed by atoms with Gasteiger partial charge >= 0.3 is 0 Å². The third-order valence-corrected chi connectivity index (χ3v) is 5.12. The molecule has 1 saturated heterocycles. The average Bonchev–Trinajstić information content (AvgIpc) is 3.07. The number of ether oxygens (including phenoxy) is 1. The molecule has 1 aliphatic heterocycles. The lowest BCUT2D eigenvalue weighted by Crippen LogP contribution is -2.38. The highest BCUT2D eigenvalue weighted by atomic mass is 16.5. The summed E-state index contributed by atoms with van der Waals surface area (Å²) in [6, 6.07) is 0.524. The van der Waals surface area contributed by atoms with E-state index in [1.165, 1.54) is 43.4 Å². The number of aryl methyl sites for hydroxylation is 1. The molecular weight excluding hydrogens is 262 g/mol. The van der Waals surface area contributed by atoms with Crippen molar-refractivity contribution >= 4 is 0 Å². The minimum atomic E-state index is 0.170. The Morgan fingerprint density at radius 2 is 2.24 bits per heavy atom. The second kappa shape index (κ2) is 6.49. The zero-order valence-electron chi connectivity index (χ0n) is 13.5. The number of nitrogens with zero attached hydrogens (tertiary/aromatic N) is 2. The quantitative estimate of drug-likeness (QED) is 0.846. The highest BCUT2D eigenvalue weighted by Crippen LogP contribution is 2.43. The van der Waals surface area contributed by atoms with Crippen molar-refractivity contribution < 1.29 is 4.74 Å². The number of hydrogen-bond donors (Lipinski definition) is 1. The van der Waals surface area contributed by atoms with Crippen LogP contribution < -0.4 is 5.32 Å². The Morgan fingerprint density at radius 1 is 1.43 bits per heavy atom. The van der Waals surface area contributed by atoms with E-state index >= 15 is 0 Å². The van der Waals surface area contributed by atoms with Crippen molar-refractivity contribution in [2.24, 2.45) is 0 Å². The zero-order valence-corrected chi connectivity index (χ0v) is 13.5. The first-order valence-electron chi connectivity index (χ1n) is 8.62. The third kappa shape index (κ3) is 3.32. The molecule has 0 radical (unpaired) electrons. The molecular formula is C17H29N3O. The summed E-state index contributed by atoms with van der Waals surface area (Å²) < 4.78 is 8.36. The first-order valence-corrected chi connectivity index (χ1v) is 8.62. The second-order valence-corrected chi connectivity index (χ2v) is 6.78. The summed E-state index contributed by atoms with van der Waals surface area (Å²) in [5.41, 5.74) is 2.68. The van der Waals surface area contributed by atoms with Crippen LogP contribution >= 0.6 is 0 Å². The largest absolute Gasteiger partial charge is 0.375 e. The van der Waals surface area contributed by atoms with Crippen molar-refractivity contribution in [3.8, 4) is 0 Å². The maximum atomic E-state index is 6.14. The fraction of sp³-hybridized carbons (Fsp3) is 0.824. The van der Waals surface area contributed by atoms with Gasteiger partial charge in [-0.05, 0) is 45.6 Å². The lowest BCUT2D eigenvalue weighted by Gasteiger charge is -2.38. The van der Waals surface area contributed by atoms with Gasteiger partial charge in [-0.2, -0.15) is 5.10 Å². The van der Waals surface area contributed by atoms with Crippen molar-refractivity contribution in [1.82, 2.24) is 15.1 Å². The monoisotopic (exact) mass is 291 g/mol. The number of aromatic nitrogens is 2. The van der Waals surface area contributed by atoms with Crippen molar-refractivity contribution in [3.63, 3.8) is 0 Å². The molecule has 1 saturated carbocycles. The van der Waals surface area contributed by atoms with E-state index in [1.807, 2.05) is 0 Å². The van der Waals surface area contributed by atoms with Crippen LogP contribution in [0.5, 0.6) is 0 Å². The van der Waals surface area contributed by atoms with Gasteiger partial charge in [-0.15, -0.1) is 0 Å². The normalized spacial score (nSPS) is 24.8. The Bertz CT molecular complexity index is 463. The lowest BCUT2D eigenvalue weighted by atomic mass is 9.89. The van der Waals surface area contributed by atoms with Gasteiger partial charge in [0.25, 0.3) is 0 Å². The highest BCUT2D eigenvalue weighted by molar-refractivity contribution is 5.15.